The van der Waals surface area contributed by atoms with E-state index in [1.54, 1.807) is 16.7 Å². The first-order valence-corrected chi connectivity index (χ1v) is 7.65. The summed E-state index contributed by atoms with van der Waals surface area (Å²) in [5.74, 6) is -0.798. The normalized spacial score (nSPS) is 10.8. The maximum absolute atomic E-state index is 12.1. The Bertz CT molecular complexity index is 1040. The third-order valence-corrected chi connectivity index (χ3v) is 3.72. The van der Waals surface area contributed by atoms with Gasteiger partial charge in [0.15, 0.2) is 5.58 Å². The predicted octanol–water partition coefficient (Wildman–Crippen LogP) is 3.92. The molecule has 26 heavy (non-hydrogen) atoms. The maximum atomic E-state index is 12.1. The number of rotatable bonds is 5. The molecule has 0 fully saturated rings. The van der Waals surface area contributed by atoms with Crippen LogP contribution in [-0.4, -0.2) is 23.6 Å². The van der Waals surface area contributed by atoms with Crippen LogP contribution in [0.5, 0.6) is 0 Å². The van der Waals surface area contributed by atoms with E-state index in [4.69, 9.17) is 14.7 Å². The zero-order valence-electron chi connectivity index (χ0n) is 13.8. The van der Waals surface area contributed by atoms with Gasteiger partial charge in [-0.25, -0.2) is 4.79 Å². The molecule has 1 amide bonds. The average Bonchev–Trinajstić information content (AvgIpc) is 3.19. The lowest BCUT2D eigenvalue weighted by Crippen LogP contribution is -2.11. The Kier molecular flexibility index (Phi) is 4.87. The van der Waals surface area contributed by atoms with Crippen molar-refractivity contribution >= 4 is 29.1 Å². The number of ether oxygens (including phenoxy) is 1. The van der Waals surface area contributed by atoms with Crippen LogP contribution in [0.4, 0.5) is 0 Å². The summed E-state index contributed by atoms with van der Waals surface area (Å²) >= 11 is 0. The van der Waals surface area contributed by atoms with Crippen molar-refractivity contribution in [3.8, 4) is 0 Å². The Morgan fingerprint density at radius 1 is 1.31 bits per heavy atom. The maximum Gasteiger partial charge on any atom is 0.354 e. The highest BCUT2D eigenvalue weighted by atomic mass is 16.5. The third-order valence-electron chi connectivity index (χ3n) is 3.72. The summed E-state index contributed by atoms with van der Waals surface area (Å²) in [7, 11) is 1.32. The Hall–Kier alpha value is -3.77. The summed E-state index contributed by atoms with van der Waals surface area (Å²) < 4.78 is 12.3. The zero-order valence-corrected chi connectivity index (χ0v) is 13.8. The minimum atomic E-state index is -0.726. The monoisotopic (exact) mass is 350 g/mol. The van der Waals surface area contributed by atoms with Crippen LogP contribution in [0.2, 0.25) is 0 Å². The quantitative estimate of drug-likeness (QED) is 0.228. The number of carbonyl (C=O) groups is 2. The second kappa shape index (κ2) is 7.42. The van der Waals surface area contributed by atoms with Gasteiger partial charge in [0.05, 0.1) is 12.6 Å². The van der Waals surface area contributed by atoms with E-state index >= 15 is 0 Å². The van der Waals surface area contributed by atoms with Crippen LogP contribution in [0.15, 0.2) is 58.1 Å². The summed E-state index contributed by atoms with van der Waals surface area (Å²) in [5, 5.41) is 2.95. The molecule has 8 heteroatoms. The molecule has 0 N–H and O–H groups in total. The molecule has 0 bridgehead atoms. The van der Waals surface area contributed by atoms with Crippen LogP contribution in [0.25, 0.3) is 27.6 Å². The number of fused-ring (bicyclic) bond motifs is 1. The Morgan fingerprint density at radius 2 is 2.08 bits per heavy atom. The molecule has 0 radical (unpaired) electrons. The van der Waals surface area contributed by atoms with Crippen molar-refractivity contribution in [1.29, 1.82) is 0 Å². The fourth-order valence-electron chi connectivity index (χ4n) is 2.58. The van der Waals surface area contributed by atoms with Crippen molar-refractivity contribution in [1.82, 2.24) is 4.57 Å². The van der Waals surface area contributed by atoms with Gasteiger partial charge in [-0.05, 0) is 28.4 Å². The van der Waals surface area contributed by atoms with E-state index in [0.29, 0.717) is 29.1 Å². The number of hydrogen-bond acceptors (Lipinski definition) is 4. The number of azide groups is 1. The first-order chi connectivity index (χ1) is 12.6. The third kappa shape index (κ3) is 3.50. The molecule has 0 atom stereocenters. The molecule has 0 aliphatic carbocycles. The molecule has 0 spiro atoms. The number of hydrogen-bond donors (Lipinski definition) is 0. The van der Waals surface area contributed by atoms with Crippen molar-refractivity contribution in [2.45, 2.75) is 6.54 Å². The topological polar surface area (TPSA) is 110 Å². The molecule has 8 nitrogen and oxygen atoms in total. The number of furan rings is 1. The van der Waals surface area contributed by atoms with Crippen LogP contribution in [0.3, 0.4) is 0 Å². The number of amides is 1. The van der Waals surface area contributed by atoms with E-state index < -0.39 is 11.9 Å². The minimum Gasteiger partial charge on any atom is -0.464 e. The van der Waals surface area contributed by atoms with E-state index in [2.05, 4.69) is 10.0 Å². The van der Waals surface area contributed by atoms with Crippen LogP contribution >= 0.6 is 0 Å². The first-order valence-electron chi connectivity index (χ1n) is 7.65. The summed E-state index contributed by atoms with van der Waals surface area (Å²) in [6.07, 6.45) is 2.52. The number of methoxy groups -OCH3 is 1. The van der Waals surface area contributed by atoms with Gasteiger partial charge in [-0.15, -0.1) is 0 Å². The number of esters is 1. The second-order valence-corrected chi connectivity index (χ2v) is 5.35. The van der Waals surface area contributed by atoms with Gasteiger partial charge >= 0.3 is 5.97 Å². The molecular formula is C18H14N4O4. The summed E-state index contributed by atoms with van der Waals surface area (Å²) in [6.45, 7) is 0.453. The van der Waals surface area contributed by atoms with Gasteiger partial charge in [-0.3, -0.25) is 4.79 Å². The lowest BCUT2D eigenvalue weighted by Gasteiger charge is -2.08. The largest absolute Gasteiger partial charge is 0.464 e. The highest BCUT2D eigenvalue weighted by molar-refractivity contribution is 5.95. The van der Waals surface area contributed by atoms with Crippen molar-refractivity contribution in [2.75, 3.05) is 7.11 Å². The molecule has 0 saturated heterocycles. The van der Waals surface area contributed by atoms with Crippen LogP contribution < -0.4 is 0 Å². The minimum absolute atomic E-state index is 0.366. The van der Waals surface area contributed by atoms with E-state index in [-0.39, 0.29) is 0 Å². The van der Waals surface area contributed by atoms with Gasteiger partial charge in [0.2, 0.25) is 5.91 Å². The zero-order chi connectivity index (χ0) is 18.5. The Balaban J connectivity index is 2.02. The molecular weight excluding hydrogens is 336 g/mol. The van der Waals surface area contributed by atoms with Crippen molar-refractivity contribution in [3.05, 3.63) is 76.0 Å². The molecule has 0 saturated carbocycles. The van der Waals surface area contributed by atoms with E-state index in [1.165, 1.54) is 13.2 Å². The van der Waals surface area contributed by atoms with E-state index in [1.807, 2.05) is 30.3 Å². The van der Waals surface area contributed by atoms with Crippen LogP contribution in [0, 0.1) is 0 Å². The lowest BCUT2D eigenvalue weighted by atomic mass is 10.2. The standard InChI is InChI=1S/C18H14N4O4/c1-25-18(24)15-10-16-14(22(15)11-12-5-3-2-4-6-12)9-13(26-16)7-8-17(23)20-21-19/h2-10H,11H2,1H3/b8-7+. The van der Waals surface area contributed by atoms with E-state index in [9.17, 15) is 9.59 Å². The molecule has 0 aliphatic heterocycles. The Labute approximate surface area is 147 Å². The van der Waals surface area contributed by atoms with Crippen molar-refractivity contribution in [3.63, 3.8) is 0 Å². The van der Waals surface area contributed by atoms with Crippen LogP contribution in [0.1, 0.15) is 21.8 Å². The molecule has 130 valence electrons. The molecule has 3 aromatic rings. The molecule has 3 rings (SSSR count). The molecule has 1 aromatic carbocycles. The SMILES string of the molecule is COC(=O)c1cc2oc(/C=C/C(=O)N=[N+]=[N-])cc2n1Cc1ccccc1. The average molecular weight is 350 g/mol. The fraction of sp³-hybridized carbons (Fsp3) is 0.111. The van der Waals surface area contributed by atoms with Gasteiger partial charge in [-0.1, -0.05) is 30.3 Å². The molecule has 0 aliphatic rings. The molecule has 0 unspecified atom stereocenters. The number of carbonyl (C=O) groups excluding carboxylic acids is 2. The predicted molar refractivity (Wildman–Crippen MR) is 94.3 cm³/mol. The number of aromatic nitrogens is 1. The summed E-state index contributed by atoms with van der Waals surface area (Å²) in [4.78, 5) is 25.7. The lowest BCUT2D eigenvalue weighted by molar-refractivity contribution is -0.113. The highest BCUT2D eigenvalue weighted by Crippen LogP contribution is 2.26. The second-order valence-electron chi connectivity index (χ2n) is 5.35. The van der Waals surface area contributed by atoms with Crippen molar-refractivity contribution in [2.24, 2.45) is 5.11 Å². The Morgan fingerprint density at radius 3 is 2.77 bits per heavy atom. The molecule has 2 aromatic heterocycles. The van der Waals surface area contributed by atoms with Crippen LogP contribution in [-0.2, 0) is 16.1 Å². The smallest absolute Gasteiger partial charge is 0.354 e. The molecule has 2 heterocycles. The summed E-state index contributed by atoms with van der Waals surface area (Å²) in [6, 6.07) is 12.9. The van der Waals surface area contributed by atoms with E-state index in [0.717, 1.165) is 11.6 Å². The van der Waals surface area contributed by atoms with Gasteiger partial charge in [0.1, 0.15) is 11.5 Å². The number of nitrogens with zero attached hydrogens (tertiary/aromatic N) is 4. The number of benzene rings is 1. The first kappa shape index (κ1) is 17.1. The van der Waals surface area contributed by atoms with Gasteiger partial charge in [0.25, 0.3) is 0 Å². The van der Waals surface area contributed by atoms with Gasteiger partial charge in [-0.2, -0.15) is 0 Å². The van der Waals surface area contributed by atoms with Gasteiger partial charge < -0.3 is 13.7 Å². The fourth-order valence-corrected chi connectivity index (χ4v) is 2.58. The summed E-state index contributed by atoms with van der Waals surface area (Å²) in [5.41, 5.74) is 10.8. The van der Waals surface area contributed by atoms with Gasteiger partial charge in [0, 0.05) is 23.6 Å². The van der Waals surface area contributed by atoms with Crippen molar-refractivity contribution < 1.29 is 18.7 Å². The highest BCUT2D eigenvalue weighted by Gasteiger charge is 2.19.